The molecule has 4 heterocycles. The van der Waals surface area contributed by atoms with Gasteiger partial charge in [-0.05, 0) is 94.1 Å². The van der Waals surface area contributed by atoms with E-state index in [1.54, 1.807) is 0 Å². The van der Waals surface area contributed by atoms with Gasteiger partial charge in [0.15, 0.2) is 0 Å². The number of hydrogen-bond acceptors (Lipinski definition) is 4. The quantitative estimate of drug-likeness (QED) is 0.169. The van der Waals surface area contributed by atoms with Crippen molar-refractivity contribution in [2.45, 2.75) is 0 Å². The number of para-hydroxylation sites is 3. The van der Waals surface area contributed by atoms with Gasteiger partial charge in [-0.25, -0.2) is 0 Å². The molecule has 0 aliphatic carbocycles. The standard InChI is InChI=1S/C42H28B2N2O2/c1-3-14-27(4-2)45-33-20-11-9-18-30(33)44-40-35(45)22-12-23-36(40)47-38-26-25-31-42(41(38)44)48-37-24-13-21-34-39(37)43(31)29-17-8-10-19-32(29)46(34)28-15-6-5-7-16-28/h3-26H,1-2H2/b27-14+. The molecule has 10 rings (SSSR count). The summed E-state index contributed by atoms with van der Waals surface area (Å²) in [6.07, 6.45) is 5.69. The Morgan fingerprint density at radius 2 is 1.15 bits per heavy atom. The number of ether oxygens (including phenoxy) is 2. The second-order valence-corrected chi connectivity index (χ2v) is 12.5. The maximum Gasteiger partial charge on any atom is 0.261 e. The van der Waals surface area contributed by atoms with Gasteiger partial charge in [-0.1, -0.05) is 92.0 Å². The third kappa shape index (κ3) is 3.57. The summed E-state index contributed by atoms with van der Waals surface area (Å²) in [4.78, 5) is 4.63. The lowest BCUT2D eigenvalue weighted by Gasteiger charge is -2.43. The van der Waals surface area contributed by atoms with E-state index in [0.717, 1.165) is 67.8 Å². The van der Waals surface area contributed by atoms with E-state index in [1.807, 2.05) is 18.2 Å². The summed E-state index contributed by atoms with van der Waals surface area (Å²) in [5.74, 6) is 3.43. The van der Waals surface area contributed by atoms with Gasteiger partial charge in [-0.2, -0.15) is 0 Å². The molecule has 0 spiro atoms. The number of nitrogens with zero attached hydrogens (tertiary/aromatic N) is 2. The van der Waals surface area contributed by atoms with Crippen molar-refractivity contribution in [3.63, 3.8) is 0 Å². The number of anilines is 5. The second kappa shape index (κ2) is 10.2. The molecule has 0 fully saturated rings. The summed E-state index contributed by atoms with van der Waals surface area (Å²) in [6.45, 7) is 8.03. The fourth-order valence-electron chi connectivity index (χ4n) is 8.30. The highest BCUT2D eigenvalue weighted by molar-refractivity contribution is 7.02. The van der Waals surface area contributed by atoms with Crippen molar-refractivity contribution in [1.82, 2.24) is 0 Å². The van der Waals surface area contributed by atoms with Crippen molar-refractivity contribution in [3.05, 3.63) is 164 Å². The Balaban J connectivity index is 1.23. The number of benzene rings is 6. The van der Waals surface area contributed by atoms with E-state index in [4.69, 9.17) is 9.47 Å². The van der Waals surface area contributed by atoms with Crippen LogP contribution < -0.4 is 52.1 Å². The first-order chi connectivity index (χ1) is 23.8. The molecule has 6 aromatic rings. The van der Waals surface area contributed by atoms with Gasteiger partial charge in [-0.15, -0.1) is 0 Å². The normalized spacial score (nSPS) is 14.3. The van der Waals surface area contributed by atoms with Crippen LogP contribution in [0.1, 0.15) is 0 Å². The zero-order chi connectivity index (χ0) is 31.9. The molecule has 0 radical (unpaired) electrons. The molecule has 0 amide bonds. The third-order valence-corrected chi connectivity index (χ3v) is 10.1. The minimum atomic E-state index is -0.0958. The van der Waals surface area contributed by atoms with Gasteiger partial charge in [0.05, 0.1) is 0 Å². The van der Waals surface area contributed by atoms with Crippen LogP contribution in [0.25, 0.3) is 0 Å². The van der Waals surface area contributed by atoms with Crippen LogP contribution >= 0.6 is 0 Å². The lowest BCUT2D eigenvalue weighted by atomic mass is 9.30. The number of hydrogen-bond donors (Lipinski definition) is 0. The van der Waals surface area contributed by atoms with Crippen molar-refractivity contribution in [1.29, 1.82) is 0 Å². The smallest absolute Gasteiger partial charge is 0.261 e. The van der Waals surface area contributed by atoms with Crippen molar-refractivity contribution in [2.24, 2.45) is 0 Å². The lowest BCUT2D eigenvalue weighted by Crippen LogP contribution is -2.64. The van der Waals surface area contributed by atoms with E-state index < -0.39 is 0 Å². The number of fused-ring (bicyclic) bond motifs is 9. The van der Waals surface area contributed by atoms with Crippen LogP contribution in [0, 0.1) is 0 Å². The van der Waals surface area contributed by atoms with Crippen LogP contribution in [0.2, 0.25) is 0 Å². The third-order valence-electron chi connectivity index (χ3n) is 10.1. The highest BCUT2D eigenvalue weighted by Crippen LogP contribution is 2.43. The van der Waals surface area contributed by atoms with Gasteiger partial charge in [0.25, 0.3) is 13.4 Å². The number of allylic oxidation sites excluding steroid dienone is 3. The lowest BCUT2D eigenvalue weighted by molar-refractivity contribution is 0.469. The van der Waals surface area contributed by atoms with Crippen LogP contribution in [0.5, 0.6) is 23.0 Å². The minimum absolute atomic E-state index is 0.00345. The van der Waals surface area contributed by atoms with E-state index in [2.05, 4.69) is 150 Å². The van der Waals surface area contributed by atoms with E-state index in [-0.39, 0.29) is 13.4 Å². The Bertz CT molecular complexity index is 2380. The molecule has 48 heavy (non-hydrogen) atoms. The summed E-state index contributed by atoms with van der Waals surface area (Å²) < 4.78 is 13.9. The molecule has 6 aromatic carbocycles. The molecule has 0 aromatic heterocycles. The molecule has 0 N–H and O–H groups in total. The molecule has 4 nitrogen and oxygen atoms in total. The van der Waals surface area contributed by atoms with Crippen molar-refractivity contribution in [3.8, 4) is 23.0 Å². The molecule has 0 saturated heterocycles. The Kier molecular flexibility index (Phi) is 5.73. The van der Waals surface area contributed by atoms with Gasteiger partial charge in [0.2, 0.25) is 0 Å². The largest absolute Gasteiger partial charge is 0.459 e. The molecular formula is C42H28B2N2O2. The van der Waals surface area contributed by atoms with E-state index in [9.17, 15) is 0 Å². The molecule has 0 atom stereocenters. The highest BCUT2D eigenvalue weighted by Gasteiger charge is 2.48. The van der Waals surface area contributed by atoms with Crippen molar-refractivity contribution < 1.29 is 9.47 Å². The van der Waals surface area contributed by atoms with Crippen molar-refractivity contribution >= 4 is 74.6 Å². The molecule has 0 bridgehead atoms. The summed E-state index contributed by atoms with van der Waals surface area (Å²) in [7, 11) is 0. The van der Waals surface area contributed by atoms with Gasteiger partial charge >= 0.3 is 0 Å². The SMILES string of the molecule is C=C/C=C(\C=C)N1c2ccccc2B2c3c(cccc31)Oc1ccc3c(c12)Oc1cccc2c1B3c1ccccc1N2c1ccccc1. The van der Waals surface area contributed by atoms with E-state index in [1.165, 1.54) is 22.1 Å². The average molecular weight is 614 g/mol. The van der Waals surface area contributed by atoms with Crippen LogP contribution in [-0.4, -0.2) is 13.4 Å². The van der Waals surface area contributed by atoms with Gasteiger partial charge in [-0.3, -0.25) is 0 Å². The first-order valence-electron chi connectivity index (χ1n) is 16.3. The van der Waals surface area contributed by atoms with Crippen LogP contribution in [0.15, 0.2) is 164 Å². The van der Waals surface area contributed by atoms with E-state index >= 15 is 0 Å². The summed E-state index contributed by atoms with van der Waals surface area (Å²) in [5, 5.41) is 0. The topological polar surface area (TPSA) is 24.9 Å². The van der Waals surface area contributed by atoms with Gasteiger partial charge < -0.3 is 19.3 Å². The maximum atomic E-state index is 7.12. The molecular weight excluding hydrogens is 586 g/mol. The maximum absolute atomic E-state index is 7.12. The second-order valence-electron chi connectivity index (χ2n) is 12.5. The monoisotopic (exact) mass is 614 g/mol. The Morgan fingerprint density at radius 1 is 0.521 bits per heavy atom. The average Bonchev–Trinajstić information content (AvgIpc) is 3.14. The molecule has 0 saturated carbocycles. The minimum Gasteiger partial charge on any atom is -0.459 e. The molecule has 6 heteroatoms. The van der Waals surface area contributed by atoms with Crippen LogP contribution in [0.3, 0.4) is 0 Å². The fraction of sp³-hybridized carbons (Fsp3) is 0. The predicted octanol–water partition coefficient (Wildman–Crippen LogP) is 6.42. The van der Waals surface area contributed by atoms with Crippen molar-refractivity contribution in [2.75, 3.05) is 9.80 Å². The number of rotatable bonds is 4. The summed E-state index contributed by atoms with van der Waals surface area (Å²) in [5.41, 5.74) is 13.5. The van der Waals surface area contributed by atoms with Crippen LogP contribution in [0.4, 0.5) is 28.4 Å². The Morgan fingerprint density at radius 3 is 1.92 bits per heavy atom. The predicted molar refractivity (Wildman–Crippen MR) is 201 cm³/mol. The van der Waals surface area contributed by atoms with Crippen LogP contribution in [-0.2, 0) is 0 Å². The zero-order valence-corrected chi connectivity index (χ0v) is 26.1. The summed E-state index contributed by atoms with van der Waals surface area (Å²) >= 11 is 0. The zero-order valence-electron chi connectivity index (χ0n) is 26.1. The molecule has 224 valence electrons. The molecule has 4 aliphatic heterocycles. The fourth-order valence-corrected chi connectivity index (χ4v) is 8.30. The Labute approximate surface area is 280 Å². The highest BCUT2D eigenvalue weighted by atomic mass is 16.5. The summed E-state index contributed by atoms with van der Waals surface area (Å²) in [6, 6.07) is 45.1. The first-order valence-corrected chi connectivity index (χ1v) is 16.3. The molecule has 4 aliphatic rings. The molecule has 0 unspecified atom stereocenters. The Hall–Kier alpha value is -6.13. The van der Waals surface area contributed by atoms with Gasteiger partial charge in [0, 0.05) is 39.6 Å². The van der Waals surface area contributed by atoms with Gasteiger partial charge in [0.1, 0.15) is 23.0 Å². The van der Waals surface area contributed by atoms with E-state index in [0.29, 0.717) is 0 Å². The first kappa shape index (κ1) is 27.0.